The lowest BCUT2D eigenvalue weighted by atomic mass is 9.90. The molecule has 1 N–H and O–H groups in total. The molecule has 3 nitrogen and oxygen atoms in total. The molecule has 2 aromatic rings. The van der Waals surface area contributed by atoms with Crippen LogP contribution >= 0.6 is 0 Å². The van der Waals surface area contributed by atoms with Crippen LogP contribution in [0.25, 0.3) is 0 Å². The summed E-state index contributed by atoms with van der Waals surface area (Å²) in [6.45, 7) is 3.58. The van der Waals surface area contributed by atoms with Gasteiger partial charge in [0.25, 0.3) is 0 Å². The van der Waals surface area contributed by atoms with Crippen molar-refractivity contribution in [1.29, 1.82) is 0 Å². The first-order valence-corrected chi connectivity index (χ1v) is 8.27. The first-order chi connectivity index (χ1) is 11.1. The quantitative estimate of drug-likeness (QED) is 0.934. The molecular formula is C19H23FN2O. The second-order valence-electron chi connectivity index (χ2n) is 6.32. The van der Waals surface area contributed by atoms with Gasteiger partial charge in [0, 0.05) is 13.1 Å². The zero-order chi connectivity index (χ0) is 16.2. The summed E-state index contributed by atoms with van der Waals surface area (Å²) in [4.78, 5) is 6.79. The fourth-order valence-electron chi connectivity index (χ4n) is 3.19. The molecule has 1 atom stereocenters. The molecule has 1 saturated heterocycles. The molecule has 0 amide bonds. The zero-order valence-corrected chi connectivity index (χ0v) is 13.5. The van der Waals surface area contributed by atoms with Gasteiger partial charge in [0.1, 0.15) is 11.6 Å². The minimum absolute atomic E-state index is 0.0961. The Hall–Kier alpha value is -1.94. The van der Waals surface area contributed by atoms with E-state index < -0.39 is 6.10 Å². The van der Waals surface area contributed by atoms with Gasteiger partial charge in [-0.15, -0.1) is 0 Å². The summed E-state index contributed by atoms with van der Waals surface area (Å²) in [5.74, 6) is 1.34. The molecule has 0 radical (unpaired) electrons. The van der Waals surface area contributed by atoms with Crippen LogP contribution in [-0.4, -0.2) is 23.2 Å². The first kappa shape index (κ1) is 15.9. The molecule has 0 spiro atoms. The summed E-state index contributed by atoms with van der Waals surface area (Å²) in [6.07, 6.45) is 2.33. The normalized spacial score (nSPS) is 17.3. The van der Waals surface area contributed by atoms with E-state index in [4.69, 9.17) is 0 Å². The number of aliphatic hydroxyl groups excluding tert-OH is 1. The maximum atomic E-state index is 13.8. The van der Waals surface area contributed by atoms with Gasteiger partial charge < -0.3 is 10.0 Å². The molecule has 1 aliphatic rings. The van der Waals surface area contributed by atoms with E-state index in [0.717, 1.165) is 43.7 Å². The van der Waals surface area contributed by atoms with Gasteiger partial charge in [-0.2, -0.15) is 0 Å². The lowest BCUT2D eigenvalue weighted by molar-refractivity contribution is 0.194. The summed E-state index contributed by atoms with van der Waals surface area (Å²) in [5.41, 5.74) is 1.52. The summed E-state index contributed by atoms with van der Waals surface area (Å²) < 4.78 is 13.8. The fourth-order valence-corrected chi connectivity index (χ4v) is 3.19. The van der Waals surface area contributed by atoms with E-state index in [2.05, 4.69) is 9.88 Å². The molecular weight excluding hydrogens is 291 g/mol. The van der Waals surface area contributed by atoms with E-state index in [9.17, 15) is 9.50 Å². The number of nitrogens with zero attached hydrogens (tertiary/aromatic N) is 2. The van der Waals surface area contributed by atoms with Gasteiger partial charge in [-0.05, 0) is 55.9 Å². The third-order valence-electron chi connectivity index (χ3n) is 4.59. The van der Waals surface area contributed by atoms with Gasteiger partial charge in [0.05, 0.1) is 11.8 Å². The van der Waals surface area contributed by atoms with Gasteiger partial charge in [-0.25, -0.2) is 9.37 Å². The Morgan fingerprint density at radius 3 is 2.61 bits per heavy atom. The monoisotopic (exact) mass is 314 g/mol. The molecule has 1 aliphatic heterocycles. The highest BCUT2D eigenvalue weighted by molar-refractivity contribution is 5.40. The van der Waals surface area contributed by atoms with E-state index in [-0.39, 0.29) is 5.82 Å². The van der Waals surface area contributed by atoms with Gasteiger partial charge in [-0.1, -0.05) is 24.3 Å². The highest BCUT2D eigenvalue weighted by Crippen LogP contribution is 2.26. The van der Waals surface area contributed by atoms with Crippen LogP contribution in [0.4, 0.5) is 10.2 Å². The number of aliphatic hydroxyl groups is 1. The van der Waals surface area contributed by atoms with Crippen molar-refractivity contribution in [2.45, 2.75) is 32.3 Å². The number of benzene rings is 1. The number of rotatable bonds is 4. The van der Waals surface area contributed by atoms with Crippen LogP contribution < -0.4 is 4.90 Å². The van der Waals surface area contributed by atoms with Gasteiger partial charge in [0.15, 0.2) is 0 Å². The topological polar surface area (TPSA) is 36.4 Å². The van der Waals surface area contributed by atoms with Crippen molar-refractivity contribution < 1.29 is 9.50 Å². The highest BCUT2D eigenvalue weighted by Gasteiger charge is 2.21. The number of hydrogen-bond acceptors (Lipinski definition) is 3. The lowest BCUT2D eigenvalue weighted by Gasteiger charge is -2.33. The average molecular weight is 314 g/mol. The average Bonchev–Trinajstić information content (AvgIpc) is 2.58. The number of hydrogen-bond donors (Lipinski definition) is 1. The Morgan fingerprint density at radius 1 is 1.17 bits per heavy atom. The SMILES string of the molecule is C[C@H](O)c1cccc(N2CCC(Cc3ccccc3F)CC2)n1. The third-order valence-corrected chi connectivity index (χ3v) is 4.59. The standard InChI is InChI=1S/C19H23FN2O/c1-14(23)18-7-4-8-19(21-18)22-11-9-15(10-12-22)13-16-5-2-3-6-17(16)20/h2-8,14-15,23H,9-13H2,1H3/t14-/m0/s1. The van der Waals surface area contributed by atoms with E-state index in [1.54, 1.807) is 13.0 Å². The molecule has 1 aromatic heterocycles. The smallest absolute Gasteiger partial charge is 0.128 e. The van der Waals surface area contributed by atoms with Crippen molar-refractivity contribution in [1.82, 2.24) is 4.98 Å². The highest BCUT2D eigenvalue weighted by atomic mass is 19.1. The zero-order valence-electron chi connectivity index (χ0n) is 13.5. The van der Waals surface area contributed by atoms with Gasteiger partial charge in [-0.3, -0.25) is 0 Å². The van der Waals surface area contributed by atoms with Gasteiger partial charge >= 0.3 is 0 Å². The molecule has 1 aromatic carbocycles. The Morgan fingerprint density at radius 2 is 1.91 bits per heavy atom. The molecule has 23 heavy (non-hydrogen) atoms. The minimum Gasteiger partial charge on any atom is -0.387 e. The van der Waals surface area contributed by atoms with Crippen molar-refractivity contribution >= 4 is 5.82 Å². The predicted molar refractivity (Wildman–Crippen MR) is 89.9 cm³/mol. The number of aromatic nitrogens is 1. The minimum atomic E-state index is -0.548. The summed E-state index contributed by atoms with van der Waals surface area (Å²) in [5, 5.41) is 9.66. The molecule has 0 aliphatic carbocycles. The second-order valence-corrected chi connectivity index (χ2v) is 6.32. The van der Waals surface area contributed by atoms with Crippen molar-refractivity contribution in [3.8, 4) is 0 Å². The van der Waals surface area contributed by atoms with Crippen LogP contribution in [0.1, 0.15) is 37.1 Å². The molecule has 2 heterocycles. The fraction of sp³-hybridized carbons (Fsp3) is 0.421. The molecule has 1 fully saturated rings. The number of piperidine rings is 1. The van der Waals surface area contributed by atoms with Crippen LogP contribution in [0.15, 0.2) is 42.5 Å². The Bertz CT molecular complexity index is 651. The molecule has 0 unspecified atom stereocenters. The van der Waals surface area contributed by atoms with Crippen LogP contribution in [0, 0.1) is 11.7 Å². The van der Waals surface area contributed by atoms with Crippen molar-refractivity contribution in [2.24, 2.45) is 5.92 Å². The van der Waals surface area contributed by atoms with E-state index in [0.29, 0.717) is 11.6 Å². The predicted octanol–water partition coefficient (Wildman–Crippen LogP) is 3.73. The van der Waals surface area contributed by atoms with E-state index >= 15 is 0 Å². The van der Waals surface area contributed by atoms with Crippen molar-refractivity contribution in [3.05, 3.63) is 59.5 Å². The summed E-state index contributed by atoms with van der Waals surface area (Å²) in [6, 6.07) is 12.8. The van der Waals surface area contributed by atoms with E-state index in [1.807, 2.05) is 30.3 Å². The summed E-state index contributed by atoms with van der Waals surface area (Å²) >= 11 is 0. The second kappa shape index (κ2) is 7.09. The number of pyridine rings is 1. The third kappa shape index (κ3) is 3.88. The first-order valence-electron chi connectivity index (χ1n) is 8.27. The van der Waals surface area contributed by atoms with Crippen molar-refractivity contribution in [2.75, 3.05) is 18.0 Å². The van der Waals surface area contributed by atoms with Gasteiger partial charge in [0.2, 0.25) is 0 Å². The van der Waals surface area contributed by atoms with Crippen LogP contribution in [0.5, 0.6) is 0 Å². The summed E-state index contributed by atoms with van der Waals surface area (Å²) in [7, 11) is 0. The Labute approximate surface area is 136 Å². The van der Waals surface area contributed by atoms with Crippen molar-refractivity contribution in [3.63, 3.8) is 0 Å². The Balaban J connectivity index is 1.60. The van der Waals surface area contributed by atoms with Crippen LogP contribution in [-0.2, 0) is 6.42 Å². The largest absolute Gasteiger partial charge is 0.387 e. The molecule has 4 heteroatoms. The van der Waals surface area contributed by atoms with Crippen LogP contribution in [0.2, 0.25) is 0 Å². The van der Waals surface area contributed by atoms with Crippen LogP contribution in [0.3, 0.4) is 0 Å². The number of halogens is 1. The maximum Gasteiger partial charge on any atom is 0.128 e. The maximum absolute atomic E-state index is 13.8. The molecule has 0 saturated carbocycles. The lowest BCUT2D eigenvalue weighted by Crippen LogP contribution is -2.35. The van der Waals surface area contributed by atoms with E-state index in [1.165, 1.54) is 6.07 Å². The Kier molecular flexibility index (Phi) is 4.91. The number of anilines is 1. The molecule has 3 rings (SSSR count). The molecule has 122 valence electrons. The molecule has 0 bridgehead atoms.